The zero-order chi connectivity index (χ0) is 21.9. The molecule has 5 nitrogen and oxygen atoms in total. The molecule has 0 saturated carbocycles. The Labute approximate surface area is 180 Å². The first-order valence-corrected chi connectivity index (χ1v) is 12.5. The number of aryl methyl sites for hydroxylation is 2. The third-order valence-corrected chi connectivity index (χ3v) is 7.22. The lowest BCUT2D eigenvalue weighted by molar-refractivity contribution is -0.123. The summed E-state index contributed by atoms with van der Waals surface area (Å²) in [5, 5.41) is 3.11. The Morgan fingerprint density at radius 2 is 1.60 bits per heavy atom. The summed E-state index contributed by atoms with van der Waals surface area (Å²) >= 11 is 0. The van der Waals surface area contributed by atoms with E-state index in [4.69, 9.17) is 0 Å². The van der Waals surface area contributed by atoms with E-state index >= 15 is 0 Å². The third kappa shape index (κ3) is 5.49. The van der Waals surface area contributed by atoms with Crippen molar-refractivity contribution in [3.05, 3.63) is 64.7 Å². The van der Waals surface area contributed by atoms with E-state index in [1.165, 1.54) is 30.2 Å². The quantitative estimate of drug-likeness (QED) is 0.728. The van der Waals surface area contributed by atoms with Gasteiger partial charge in [-0.25, -0.2) is 8.42 Å². The summed E-state index contributed by atoms with van der Waals surface area (Å²) in [7, 11) is -1.31. The van der Waals surface area contributed by atoms with Crippen molar-refractivity contribution in [3.8, 4) is 0 Å². The molecule has 1 amide bonds. The molecule has 2 aromatic rings. The fraction of sp³-hybridized carbons (Fsp3) is 0.458. The summed E-state index contributed by atoms with van der Waals surface area (Å²) in [6, 6.07) is 13.4. The van der Waals surface area contributed by atoms with Crippen molar-refractivity contribution in [1.82, 2.24) is 10.2 Å². The van der Waals surface area contributed by atoms with E-state index < -0.39 is 9.84 Å². The van der Waals surface area contributed by atoms with Gasteiger partial charge in [-0.1, -0.05) is 30.3 Å². The summed E-state index contributed by atoms with van der Waals surface area (Å²) in [6.07, 6.45) is 5.99. The highest BCUT2D eigenvalue weighted by Gasteiger charge is 2.18. The molecule has 0 radical (unpaired) electrons. The minimum atomic E-state index is -3.21. The van der Waals surface area contributed by atoms with E-state index in [0.717, 1.165) is 24.0 Å². The topological polar surface area (TPSA) is 66.5 Å². The molecule has 2 aromatic carbocycles. The number of hydrogen-bond donors (Lipinski definition) is 1. The van der Waals surface area contributed by atoms with Gasteiger partial charge in [0.25, 0.3) is 0 Å². The molecule has 1 aliphatic carbocycles. The number of benzene rings is 2. The maximum atomic E-state index is 12.6. The van der Waals surface area contributed by atoms with Gasteiger partial charge in [-0.15, -0.1) is 0 Å². The van der Waals surface area contributed by atoms with Gasteiger partial charge >= 0.3 is 0 Å². The maximum Gasteiger partial charge on any atom is 0.234 e. The SMILES string of the molecule is C[C@H](NC(=O)CN(C)[C@H](C)c1ccc(S(C)(=O)=O)cc1)c1ccc2c(c1)CCCC2. The fourth-order valence-electron chi connectivity index (χ4n) is 4.00. The zero-order valence-electron chi connectivity index (χ0n) is 18.3. The normalized spacial score (nSPS) is 16.0. The summed E-state index contributed by atoms with van der Waals surface area (Å²) in [4.78, 5) is 14.9. The van der Waals surface area contributed by atoms with E-state index in [1.807, 2.05) is 37.9 Å². The smallest absolute Gasteiger partial charge is 0.234 e. The van der Waals surface area contributed by atoms with Crippen LogP contribution >= 0.6 is 0 Å². The molecule has 0 unspecified atom stereocenters. The molecule has 0 bridgehead atoms. The molecule has 2 atom stereocenters. The lowest BCUT2D eigenvalue weighted by atomic mass is 9.89. The average Bonchev–Trinajstić information content (AvgIpc) is 2.72. The zero-order valence-corrected chi connectivity index (χ0v) is 19.1. The summed E-state index contributed by atoms with van der Waals surface area (Å²) in [5.74, 6) is -0.0256. The van der Waals surface area contributed by atoms with Crippen LogP contribution in [0.15, 0.2) is 47.4 Å². The average molecular weight is 429 g/mol. The van der Waals surface area contributed by atoms with Crippen LogP contribution in [0.1, 0.15) is 61.0 Å². The van der Waals surface area contributed by atoms with Crippen molar-refractivity contribution in [2.75, 3.05) is 19.8 Å². The molecule has 0 spiro atoms. The van der Waals surface area contributed by atoms with Gasteiger partial charge in [0, 0.05) is 12.3 Å². The molecule has 0 saturated heterocycles. The van der Waals surface area contributed by atoms with E-state index in [-0.39, 0.29) is 24.5 Å². The molecule has 3 rings (SSSR count). The molecule has 30 heavy (non-hydrogen) atoms. The van der Waals surface area contributed by atoms with Crippen LogP contribution < -0.4 is 5.32 Å². The Bertz CT molecular complexity index is 1000. The summed E-state index contributed by atoms with van der Waals surface area (Å²) < 4.78 is 23.3. The molecular formula is C24H32N2O3S. The Hall–Kier alpha value is -2.18. The number of nitrogens with zero attached hydrogens (tertiary/aromatic N) is 1. The van der Waals surface area contributed by atoms with Crippen molar-refractivity contribution < 1.29 is 13.2 Å². The van der Waals surface area contributed by atoms with Gasteiger partial charge in [0.1, 0.15) is 0 Å². The van der Waals surface area contributed by atoms with Gasteiger partial charge in [-0.2, -0.15) is 0 Å². The Balaban J connectivity index is 1.58. The predicted octanol–water partition coefficient (Wildman–Crippen LogP) is 3.84. The van der Waals surface area contributed by atoms with Crippen molar-refractivity contribution in [2.24, 2.45) is 0 Å². The first-order chi connectivity index (χ1) is 14.1. The molecular weight excluding hydrogens is 396 g/mol. The molecule has 0 aliphatic heterocycles. The van der Waals surface area contributed by atoms with Crippen LogP contribution in [-0.4, -0.2) is 39.1 Å². The first kappa shape index (κ1) is 22.5. The summed E-state index contributed by atoms with van der Waals surface area (Å²) in [5.41, 5.74) is 4.98. The van der Waals surface area contributed by atoms with Gasteiger partial charge in [0.15, 0.2) is 9.84 Å². The second-order valence-corrected chi connectivity index (χ2v) is 10.5. The Morgan fingerprint density at radius 3 is 2.23 bits per heavy atom. The minimum Gasteiger partial charge on any atom is -0.348 e. The van der Waals surface area contributed by atoms with Gasteiger partial charge in [0.05, 0.1) is 17.5 Å². The molecule has 1 aliphatic rings. The van der Waals surface area contributed by atoms with Crippen LogP contribution in [0.25, 0.3) is 0 Å². The molecule has 0 fully saturated rings. The summed E-state index contributed by atoms with van der Waals surface area (Å²) in [6.45, 7) is 4.30. The number of amides is 1. The second kappa shape index (κ2) is 9.31. The van der Waals surface area contributed by atoms with Crippen LogP contribution in [0.2, 0.25) is 0 Å². The highest BCUT2D eigenvalue weighted by atomic mass is 32.2. The van der Waals surface area contributed by atoms with Crippen LogP contribution in [0.4, 0.5) is 0 Å². The molecule has 1 N–H and O–H groups in total. The lowest BCUT2D eigenvalue weighted by Crippen LogP contribution is -2.37. The number of likely N-dealkylation sites (N-methyl/N-ethyl adjacent to an activating group) is 1. The van der Waals surface area contributed by atoms with E-state index in [9.17, 15) is 13.2 Å². The van der Waals surface area contributed by atoms with E-state index in [0.29, 0.717) is 4.90 Å². The number of nitrogens with one attached hydrogen (secondary N) is 1. The van der Waals surface area contributed by atoms with Crippen molar-refractivity contribution >= 4 is 15.7 Å². The molecule has 0 heterocycles. The van der Waals surface area contributed by atoms with E-state index in [2.05, 4.69) is 23.5 Å². The number of carbonyl (C=O) groups is 1. The first-order valence-electron chi connectivity index (χ1n) is 10.6. The van der Waals surface area contributed by atoms with Crippen molar-refractivity contribution in [3.63, 3.8) is 0 Å². The number of hydrogen-bond acceptors (Lipinski definition) is 4. The Morgan fingerprint density at radius 1 is 1.00 bits per heavy atom. The van der Waals surface area contributed by atoms with Gasteiger partial charge in [0.2, 0.25) is 5.91 Å². The predicted molar refractivity (Wildman–Crippen MR) is 120 cm³/mol. The van der Waals surface area contributed by atoms with E-state index in [1.54, 1.807) is 12.1 Å². The monoisotopic (exact) mass is 428 g/mol. The number of rotatable bonds is 7. The molecule has 162 valence electrons. The van der Waals surface area contributed by atoms with Gasteiger partial charge < -0.3 is 5.32 Å². The second-order valence-electron chi connectivity index (χ2n) is 8.46. The van der Waals surface area contributed by atoms with Crippen molar-refractivity contribution in [2.45, 2.75) is 56.5 Å². The van der Waals surface area contributed by atoms with Crippen LogP contribution in [-0.2, 0) is 27.5 Å². The van der Waals surface area contributed by atoms with Gasteiger partial charge in [-0.05, 0) is 81.0 Å². The maximum absolute atomic E-state index is 12.6. The number of fused-ring (bicyclic) bond motifs is 1. The fourth-order valence-corrected chi connectivity index (χ4v) is 4.64. The van der Waals surface area contributed by atoms with Gasteiger partial charge in [-0.3, -0.25) is 9.69 Å². The van der Waals surface area contributed by atoms with Crippen LogP contribution in [0.5, 0.6) is 0 Å². The minimum absolute atomic E-state index is 0.0107. The third-order valence-electron chi connectivity index (χ3n) is 6.09. The lowest BCUT2D eigenvalue weighted by Gasteiger charge is -2.26. The highest BCUT2D eigenvalue weighted by Crippen LogP contribution is 2.25. The van der Waals surface area contributed by atoms with Crippen molar-refractivity contribution in [1.29, 1.82) is 0 Å². The molecule has 6 heteroatoms. The van der Waals surface area contributed by atoms with Crippen LogP contribution in [0, 0.1) is 0 Å². The number of sulfone groups is 1. The number of carbonyl (C=O) groups excluding carboxylic acids is 1. The highest BCUT2D eigenvalue weighted by molar-refractivity contribution is 7.90. The molecule has 0 aromatic heterocycles. The largest absolute Gasteiger partial charge is 0.348 e. The van der Waals surface area contributed by atoms with Crippen LogP contribution in [0.3, 0.4) is 0 Å². The standard InChI is InChI=1S/C24H32N2O3S/c1-17(21-10-9-20-7-5-6-8-22(20)15-21)25-24(27)16-26(3)18(2)19-11-13-23(14-12-19)30(4,28)29/h9-15,17-18H,5-8,16H2,1-4H3,(H,25,27)/t17-,18+/m0/s1. The Kier molecular flexibility index (Phi) is 6.98.